The number of aliphatic hydroxyl groups is 1. The molecule has 2 N–H and O–H groups in total. The molecule has 2 rings (SSSR count). The summed E-state index contributed by atoms with van der Waals surface area (Å²) in [6.07, 6.45) is 3.36. The van der Waals surface area contributed by atoms with E-state index in [0.29, 0.717) is 0 Å². The van der Waals surface area contributed by atoms with Crippen LogP contribution < -0.4 is 5.32 Å². The van der Waals surface area contributed by atoms with E-state index < -0.39 is 5.60 Å². The maximum Gasteiger partial charge on any atom is 0.113 e. The maximum absolute atomic E-state index is 10.7. The molecule has 1 aliphatic heterocycles. The molecular weight excluding hydrogens is 192 g/mol. The monoisotopic (exact) mass is 210 g/mol. The predicted octanol–water partition coefficient (Wildman–Crippen LogP) is 0.0222. The van der Waals surface area contributed by atoms with Crippen LogP contribution in [0.3, 0.4) is 0 Å². The summed E-state index contributed by atoms with van der Waals surface area (Å²) in [5, 5.41) is 21.8. The molecular formula is C10H18N4O. The van der Waals surface area contributed by atoms with E-state index in [-0.39, 0.29) is 5.92 Å². The van der Waals surface area contributed by atoms with E-state index in [2.05, 4.69) is 22.6 Å². The Morgan fingerprint density at radius 3 is 3.13 bits per heavy atom. The van der Waals surface area contributed by atoms with Crippen molar-refractivity contribution < 1.29 is 5.11 Å². The van der Waals surface area contributed by atoms with E-state index >= 15 is 0 Å². The predicted molar refractivity (Wildman–Crippen MR) is 56.2 cm³/mol. The van der Waals surface area contributed by atoms with E-state index in [1.165, 1.54) is 0 Å². The summed E-state index contributed by atoms with van der Waals surface area (Å²) in [6.45, 7) is 3.81. The van der Waals surface area contributed by atoms with Gasteiger partial charge in [0.1, 0.15) is 5.60 Å². The molecule has 0 amide bonds. The average molecular weight is 210 g/mol. The van der Waals surface area contributed by atoms with Crippen LogP contribution in [0.2, 0.25) is 0 Å². The third kappa shape index (κ3) is 1.66. The van der Waals surface area contributed by atoms with Crippen molar-refractivity contribution in [3.8, 4) is 0 Å². The molecule has 0 aliphatic carbocycles. The molecule has 2 heterocycles. The lowest BCUT2D eigenvalue weighted by Crippen LogP contribution is -2.48. The largest absolute Gasteiger partial charge is 0.383 e. The summed E-state index contributed by atoms with van der Waals surface area (Å²) in [6, 6.07) is 0. The van der Waals surface area contributed by atoms with Crippen molar-refractivity contribution in [1.29, 1.82) is 0 Å². The summed E-state index contributed by atoms with van der Waals surface area (Å²) in [5.74, 6) is 0.239. The first-order chi connectivity index (χ1) is 7.18. The SMILES string of the molecule is CCC1CNCCC1(O)c1cnnn1C. The number of hydrogen-bond acceptors (Lipinski definition) is 4. The maximum atomic E-state index is 10.7. The van der Waals surface area contributed by atoms with Crippen LogP contribution >= 0.6 is 0 Å². The minimum absolute atomic E-state index is 0.239. The molecule has 84 valence electrons. The Kier molecular flexibility index (Phi) is 2.75. The van der Waals surface area contributed by atoms with Crippen molar-refractivity contribution in [3.63, 3.8) is 0 Å². The van der Waals surface area contributed by atoms with Gasteiger partial charge in [-0.15, -0.1) is 5.10 Å². The summed E-state index contributed by atoms with van der Waals surface area (Å²) in [7, 11) is 1.83. The van der Waals surface area contributed by atoms with Gasteiger partial charge in [-0.2, -0.15) is 0 Å². The van der Waals surface area contributed by atoms with Gasteiger partial charge >= 0.3 is 0 Å². The van der Waals surface area contributed by atoms with Crippen LogP contribution in [0, 0.1) is 5.92 Å². The van der Waals surface area contributed by atoms with Gasteiger partial charge in [0.05, 0.1) is 11.9 Å². The second-order valence-electron chi connectivity index (χ2n) is 4.23. The minimum Gasteiger partial charge on any atom is -0.383 e. The van der Waals surface area contributed by atoms with Crippen molar-refractivity contribution in [2.45, 2.75) is 25.4 Å². The van der Waals surface area contributed by atoms with Gasteiger partial charge in [0.2, 0.25) is 0 Å². The fourth-order valence-corrected chi connectivity index (χ4v) is 2.43. The first-order valence-corrected chi connectivity index (χ1v) is 5.46. The smallest absolute Gasteiger partial charge is 0.113 e. The topological polar surface area (TPSA) is 63.0 Å². The molecule has 0 saturated carbocycles. The third-order valence-corrected chi connectivity index (χ3v) is 3.40. The van der Waals surface area contributed by atoms with Crippen molar-refractivity contribution in [2.75, 3.05) is 13.1 Å². The van der Waals surface area contributed by atoms with E-state index in [1.807, 2.05) is 7.05 Å². The van der Waals surface area contributed by atoms with Gasteiger partial charge in [0.25, 0.3) is 0 Å². The normalized spacial score (nSPS) is 31.8. The van der Waals surface area contributed by atoms with Crippen LogP contribution in [0.5, 0.6) is 0 Å². The van der Waals surface area contributed by atoms with Gasteiger partial charge in [-0.05, 0) is 19.4 Å². The molecule has 1 fully saturated rings. The average Bonchev–Trinajstić information content (AvgIpc) is 2.66. The van der Waals surface area contributed by atoms with Gasteiger partial charge in [-0.1, -0.05) is 12.1 Å². The van der Waals surface area contributed by atoms with Crippen molar-refractivity contribution in [1.82, 2.24) is 20.3 Å². The van der Waals surface area contributed by atoms with Crippen LogP contribution in [0.15, 0.2) is 6.20 Å². The van der Waals surface area contributed by atoms with Crippen LogP contribution in [0.1, 0.15) is 25.5 Å². The number of rotatable bonds is 2. The molecule has 0 aromatic carbocycles. The number of aryl methyl sites for hydroxylation is 1. The standard InChI is InChI=1S/C10H18N4O/c1-3-8-6-11-5-4-10(8,15)9-7-12-13-14(9)2/h7-8,11,15H,3-6H2,1-2H3. The van der Waals surface area contributed by atoms with Gasteiger partial charge in [-0.3, -0.25) is 0 Å². The first kappa shape index (κ1) is 10.6. The Hall–Kier alpha value is -0.940. The molecule has 2 unspecified atom stereocenters. The lowest BCUT2D eigenvalue weighted by Gasteiger charge is -2.39. The second-order valence-corrected chi connectivity index (χ2v) is 4.23. The van der Waals surface area contributed by atoms with Crippen LogP contribution in [0.4, 0.5) is 0 Å². The lowest BCUT2D eigenvalue weighted by molar-refractivity contribution is -0.0542. The third-order valence-electron chi connectivity index (χ3n) is 3.40. The molecule has 0 bridgehead atoms. The Labute approximate surface area is 89.5 Å². The van der Waals surface area contributed by atoms with Crippen LogP contribution in [-0.4, -0.2) is 33.2 Å². The zero-order valence-electron chi connectivity index (χ0n) is 9.27. The van der Waals surface area contributed by atoms with Gasteiger partial charge in [0, 0.05) is 19.5 Å². The summed E-state index contributed by atoms with van der Waals surface area (Å²) in [5.41, 5.74) is 0.0639. The Balaban J connectivity index is 2.34. The Bertz CT molecular complexity index is 338. The zero-order chi connectivity index (χ0) is 10.9. The fourth-order valence-electron chi connectivity index (χ4n) is 2.43. The summed E-state index contributed by atoms with van der Waals surface area (Å²) < 4.78 is 1.67. The summed E-state index contributed by atoms with van der Waals surface area (Å²) in [4.78, 5) is 0. The minimum atomic E-state index is -0.766. The van der Waals surface area contributed by atoms with E-state index in [9.17, 15) is 5.11 Å². The molecule has 1 saturated heterocycles. The number of aromatic nitrogens is 3. The molecule has 1 aliphatic rings. The Morgan fingerprint density at radius 1 is 1.73 bits per heavy atom. The quantitative estimate of drug-likeness (QED) is 0.722. The summed E-state index contributed by atoms with van der Waals surface area (Å²) >= 11 is 0. The molecule has 15 heavy (non-hydrogen) atoms. The van der Waals surface area contributed by atoms with Gasteiger partial charge in [-0.25, -0.2) is 4.68 Å². The lowest BCUT2D eigenvalue weighted by atomic mass is 9.78. The molecule has 0 spiro atoms. The number of piperidine rings is 1. The first-order valence-electron chi connectivity index (χ1n) is 5.46. The molecule has 2 atom stereocenters. The molecule has 0 radical (unpaired) electrons. The highest BCUT2D eigenvalue weighted by atomic mass is 16.3. The number of nitrogens with zero attached hydrogens (tertiary/aromatic N) is 3. The highest BCUT2D eigenvalue weighted by molar-refractivity contribution is 5.12. The molecule has 1 aromatic rings. The van der Waals surface area contributed by atoms with Crippen molar-refractivity contribution in [2.24, 2.45) is 13.0 Å². The Morgan fingerprint density at radius 2 is 2.53 bits per heavy atom. The highest BCUT2D eigenvalue weighted by Gasteiger charge is 2.41. The molecule has 5 nitrogen and oxygen atoms in total. The molecule has 5 heteroatoms. The van der Waals surface area contributed by atoms with E-state index in [1.54, 1.807) is 10.9 Å². The van der Waals surface area contributed by atoms with Crippen LogP contribution in [-0.2, 0) is 12.6 Å². The fraction of sp³-hybridized carbons (Fsp3) is 0.800. The van der Waals surface area contributed by atoms with Crippen molar-refractivity contribution in [3.05, 3.63) is 11.9 Å². The van der Waals surface area contributed by atoms with Crippen LogP contribution in [0.25, 0.3) is 0 Å². The van der Waals surface area contributed by atoms with Gasteiger partial charge < -0.3 is 10.4 Å². The highest BCUT2D eigenvalue weighted by Crippen LogP contribution is 2.35. The number of hydrogen-bond donors (Lipinski definition) is 2. The zero-order valence-corrected chi connectivity index (χ0v) is 9.27. The second kappa shape index (κ2) is 3.90. The van der Waals surface area contributed by atoms with E-state index in [4.69, 9.17) is 0 Å². The number of nitrogens with one attached hydrogen (secondary N) is 1. The molecule has 1 aromatic heterocycles. The van der Waals surface area contributed by atoms with Crippen molar-refractivity contribution >= 4 is 0 Å². The van der Waals surface area contributed by atoms with Gasteiger partial charge in [0.15, 0.2) is 0 Å². The van der Waals surface area contributed by atoms with E-state index in [0.717, 1.165) is 31.6 Å².